The summed E-state index contributed by atoms with van der Waals surface area (Å²) in [5.74, 6) is 0. The van der Waals surface area contributed by atoms with Crippen molar-refractivity contribution in [2.24, 2.45) is 5.16 Å². The van der Waals surface area contributed by atoms with Gasteiger partial charge >= 0.3 is 0 Å². The lowest BCUT2D eigenvalue weighted by Crippen LogP contribution is -2.08. The number of oxime groups is 1. The first-order valence-electron chi connectivity index (χ1n) is 3.22. The van der Waals surface area contributed by atoms with E-state index in [2.05, 4.69) is 26.1 Å². The maximum Gasteiger partial charge on any atom is 0.130 e. The van der Waals surface area contributed by atoms with Crippen LogP contribution in [0.25, 0.3) is 0 Å². The molecule has 0 bridgehead atoms. The lowest BCUT2D eigenvalue weighted by molar-refractivity contribution is 0.303. The quantitative estimate of drug-likeness (QED) is 0.345. The molecule has 0 aliphatic heterocycles. The third kappa shape index (κ3) is 2.02. The lowest BCUT2D eigenvalue weighted by Gasteiger charge is -1.99. The molecule has 0 saturated carbocycles. The van der Waals surface area contributed by atoms with Crippen molar-refractivity contribution in [3.63, 3.8) is 0 Å². The summed E-state index contributed by atoms with van der Waals surface area (Å²) < 4.78 is 0.634. The number of hydrogen-bond acceptors (Lipinski definition) is 4. The van der Waals surface area contributed by atoms with Gasteiger partial charge in [0.1, 0.15) is 10.3 Å². The van der Waals surface area contributed by atoms with Gasteiger partial charge in [0, 0.05) is 0 Å². The fraction of sp³-hybridized carbons (Fsp3) is 0.143. The van der Waals surface area contributed by atoms with E-state index in [1.807, 2.05) is 0 Å². The Hall–Kier alpha value is -0.940. The van der Waals surface area contributed by atoms with E-state index in [-0.39, 0.29) is 12.3 Å². The molecule has 0 spiro atoms. The Balaban J connectivity index is 3.02. The van der Waals surface area contributed by atoms with Crippen LogP contribution in [0.3, 0.4) is 0 Å². The normalized spacial score (nSPS) is 11.7. The molecule has 0 amide bonds. The van der Waals surface area contributed by atoms with Gasteiger partial charge < -0.3 is 10.3 Å². The molecule has 0 aliphatic carbocycles. The van der Waals surface area contributed by atoms with Crippen molar-refractivity contribution < 1.29 is 10.3 Å². The highest BCUT2D eigenvalue weighted by Crippen LogP contribution is 2.06. The zero-order chi connectivity index (χ0) is 8.97. The average Bonchev–Trinajstić information content (AvgIpc) is 2.07. The van der Waals surface area contributed by atoms with E-state index >= 15 is 0 Å². The highest BCUT2D eigenvalue weighted by Gasteiger charge is 2.03. The van der Waals surface area contributed by atoms with E-state index in [4.69, 9.17) is 10.3 Å². The number of aromatic nitrogens is 1. The van der Waals surface area contributed by atoms with Crippen LogP contribution in [0.2, 0.25) is 0 Å². The Kier molecular flexibility index (Phi) is 3.19. The summed E-state index contributed by atoms with van der Waals surface area (Å²) >= 11 is 3.16. The van der Waals surface area contributed by atoms with E-state index in [0.29, 0.717) is 10.3 Å². The van der Waals surface area contributed by atoms with Crippen molar-refractivity contribution in [2.45, 2.75) is 0 Å². The molecule has 64 valence electrons. The molecule has 1 aromatic heterocycles. The monoisotopic (exact) mass is 230 g/mol. The van der Waals surface area contributed by atoms with E-state index < -0.39 is 0 Å². The van der Waals surface area contributed by atoms with Crippen LogP contribution in [-0.4, -0.2) is 27.6 Å². The maximum atomic E-state index is 8.72. The van der Waals surface area contributed by atoms with Gasteiger partial charge in [0.05, 0.1) is 12.3 Å². The number of aliphatic hydroxyl groups excluding tert-OH is 1. The molecule has 0 unspecified atom stereocenters. The molecular weight excluding hydrogens is 224 g/mol. The molecule has 0 aliphatic rings. The number of pyridine rings is 1. The molecule has 5 heteroatoms. The summed E-state index contributed by atoms with van der Waals surface area (Å²) in [6.07, 6.45) is 0. The summed E-state index contributed by atoms with van der Waals surface area (Å²) in [5.41, 5.74) is 0.602. The van der Waals surface area contributed by atoms with Crippen molar-refractivity contribution in [1.29, 1.82) is 0 Å². The molecule has 1 aromatic rings. The predicted molar refractivity (Wildman–Crippen MR) is 47.3 cm³/mol. The number of aliphatic hydroxyl groups is 1. The number of nitrogens with zero attached hydrogens (tertiary/aromatic N) is 2. The van der Waals surface area contributed by atoms with E-state index in [1.54, 1.807) is 18.2 Å². The molecule has 0 aromatic carbocycles. The zero-order valence-electron chi connectivity index (χ0n) is 6.11. The summed E-state index contributed by atoms with van der Waals surface area (Å²) in [4.78, 5) is 3.98. The molecule has 0 atom stereocenters. The van der Waals surface area contributed by atoms with Gasteiger partial charge in [-0.05, 0) is 28.1 Å². The second-order valence-corrected chi connectivity index (χ2v) is 2.86. The van der Waals surface area contributed by atoms with Crippen LogP contribution in [0.15, 0.2) is 28.0 Å². The van der Waals surface area contributed by atoms with Crippen LogP contribution in [-0.2, 0) is 0 Å². The SMILES string of the molecule is OC/C(=N\O)c1cccc(Br)n1. The molecule has 0 radical (unpaired) electrons. The average molecular weight is 231 g/mol. The molecular formula is C7H7BrN2O2. The molecule has 1 rings (SSSR count). The van der Waals surface area contributed by atoms with E-state index in [1.165, 1.54) is 0 Å². The third-order valence-corrected chi connectivity index (χ3v) is 1.72. The minimum absolute atomic E-state index is 0.149. The minimum Gasteiger partial charge on any atom is -0.411 e. The zero-order valence-corrected chi connectivity index (χ0v) is 7.69. The summed E-state index contributed by atoms with van der Waals surface area (Å²) in [5, 5.41) is 20.1. The summed E-state index contributed by atoms with van der Waals surface area (Å²) in [7, 11) is 0. The highest BCUT2D eigenvalue weighted by atomic mass is 79.9. The van der Waals surface area contributed by atoms with Gasteiger partial charge in [-0.15, -0.1) is 0 Å². The molecule has 2 N–H and O–H groups in total. The first-order valence-corrected chi connectivity index (χ1v) is 4.02. The van der Waals surface area contributed by atoms with Crippen molar-refractivity contribution in [1.82, 2.24) is 4.98 Å². The van der Waals surface area contributed by atoms with Crippen molar-refractivity contribution in [3.05, 3.63) is 28.5 Å². The van der Waals surface area contributed by atoms with Crippen LogP contribution in [0.1, 0.15) is 5.69 Å². The number of rotatable bonds is 2. The number of halogens is 1. The Morgan fingerprint density at radius 3 is 2.83 bits per heavy atom. The summed E-state index contributed by atoms with van der Waals surface area (Å²) in [6, 6.07) is 5.14. The number of hydrogen-bond donors (Lipinski definition) is 2. The van der Waals surface area contributed by atoms with Crippen molar-refractivity contribution >= 4 is 21.6 Å². The van der Waals surface area contributed by atoms with Crippen molar-refractivity contribution in [2.75, 3.05) is 6.61 Å². The molecule has 0 fully saturated rings. The second-order valence-electron chi connectivity index (χ2n) is 2.05. The Bertz CT molecular complexity index is 301. The first kappa shape index (κ1) is 9.15. The fourth-order valence-corrected chi connectivity index (χ4v) is 1.08. The van der Waals surface area contributed by atoms with Crippen molar-refractivity contribution in [3.8, 4) is 0 Å². The van der Waals surface area contributed by atoms with Gasteiger partial charge in [0.2, 0.25) is 0 Å². The van der Waals surface area contributed by atoms with Gasteiger partial charge in [0.15, 0.2) is 0 Å². The topological polar surface area (TPSA) is 65.7 Å². The van der Waals surface area contributed by atoms with Crippen LogP contribution in [0, 0.1) is 0 Å². The lowest BCUT2D eigenvalue weighted by atomic mass is 10.2. The smallest absolute Gasteiger partial charge is 0.130 e. The van der Waals surface area contributed by atoms with E-state index in [9.17, 15) is 0 Å². The standard InChI is InChI=1S/C7H7BrN2O2/c8-7-3-1-2-5(9-7)6(4-11)10-12/h1-3,11-12H,4H2/b10-6+. The van der Waals surface area contributed by atoms with Crippen LogP contribution in [0.4, 0.5) is 0 Å². The first-order chi connectivity index (χ1) is 5.77. The Morgan fingerprint density at radius 1 is 1.58 bits per heavy atom. The van der Waals surface area contributed by atoms with Gasteiger partial charge in [-0.3, -0.25) is 0 Å². The minimum atomic E-state index is -0.333. The molecule has 12 heavy (non-hydrogen) atoms. The molecule has 4 nitrogen and oxygen atoms in total. The highest BCUT2D eigenvalue weighted by molar-refractivity contribution is 9.10. The second kappa shape index (κ2) is 4.18. The van der Waals surface area contributed by atoms with Gasteiger partial charge in [-0.2, -0.15) is 0 Å². The largest absolute Gasteiger partial charge is 0.411 e. The maximum absolute atomic E-state index is 8.72. The van der Waals surface area contributed by atoms with Gasteiger partial charge in [0.25, 0.3) is 0 Å². The van der Waals surface area contributed by atoms with E-state index in [0.717, 1.165) is 0 Å². The van der Waals surface area contributed by atoms with Crippen LogP contribution in [0.5, 0.6) is 0 Å². The predicted octanol–water partition coefficient (Wildman–Crippen LogP) is 1.01. The molecule has 1 heterocycles. The Morgan fingerprint density at radius 2 is 2.33 bits per heavy atom. The van der Waals surface area contributed by atoms with Gasteiger partial charge in [-0.1, -0.05) is 11.2 Å². The van der Waals surface area contributed by atoms with Gasteiger partial charge in [-0.25, -0.2) is 4.98 Å². The van der Waals surface area contributed by atoms with Crippen LogP contribution >= 0.6 is 15.9 Å². The Labute approximate surface area is 77.7 Å². The fourth-order valence-electron chi connectivity index (χ4n) is 0.733. The van der Waals surface area contributed by atoms with Crippen LogP contribution < -0.4 is 0 Å². The molecule has 0 saturated heterocycles. The summed E-state index contributed by atoms with van der Waals surface area (Å²) in [6.45, 7) is -0.333. The third-order valence-electron chi connectivity index (χ3n) is 1.28.